The van der Waals surface area contributed by atoms with Crippen molar-refractivity contribution in [1.82, 2.24) is 0 Å². The maximum atomic E-state index is 10.9. The average molecular weight is 240 g/mol. The summed E-state index contributed by atoms with van der Waals surface area (Å²) < 4.78 is 15.3. The summed E-state index contributed by atoms with van der Waals surface area (Å²) in [7, 11) is 2.93. The first-order valence-electron chi connectivity index (χ1n) is 5.11. The largest absolute Gasteiger partial charge is 0.493 e. The molecular formula is C12H16O5. The molecule has 17 heavy (non-hydrogen) atoms. The van der Waals surface area contributed by atoms with Gasteiger partial charge in [0.1, 0.15) is 0 Å². The number of aryl methyl sites for hydroxylation is 1. The Balaban J connectivity index is 2.88. The molecule has 0 amide bonds. The number of rotatable bonds is 6. The highest BCUT2D eigenvalue weighted by Crippen LogP contribution is 2.28. The van der Waals surface area contributed by atoms with Gasteiger partial charge in [-0.25, -0.2) is 4.79 Å². The third-order valence-electron chi connectivity index (χ3n) is 2.18. The molecule has 0 radical (unpaired) electrons. The van der Waals surface area contributed by atoms with Crippen LogP contribution in [0.5, 0.6) is 11.5 Å². The highest BCUT2D eigenvalue weighted by Gasteiger charge is 2.20. The van der Waals surface area contributed by atoms with E-state index in [2.05, 4.69) is 0 Å². The Bertz CT molecular complexity index is 388. The fraction of sp³-hybridized carbons (Fsp3) is 0.417. The molecule has 0 saturated heterocycles. The van der Waals surface area contributed by atoms with Crippen LogP contribution in [0.2, 0.25) is 0 Å². The maximum absolute atomic E-state index is 10.9. The lowest BCUT2D eigenvalue weighted by Gasteiger charge is -2.16. The van der Waals surface area contributed by atoms with E-state index in [0.717, 1.165) is 5.56 Å². The number of hydrogen-bond donors (Lipinski definition) is 1. The van der Waals surface area contributed by atoms with Crippen LogP contribution >= 0.6 is 0 Å². The predicted octanol–water partition coefficient (Wildman–Crippen LogP) is 1.48. The van der Waals surface area contributed by atoms with Crippen molar-refractivity contribution in [2.45, 2.75) is 13.0 Å². The number of benzene rings is 1. The molecule has 5 nitrogen and oxygen atoms in total. The van der Waals surface area contributed by atoms with Crippen molar-refractivity contribution in [3.63, 3.8) is 0 Å². The number of methoxy groups -OCH3 is 2. The van der Waals surface area contributed by atoms with Crippen LogP contribution in [-0.2, 0) is 9.53 Å². The lowest BCUT2D eigenvalue weighted by atomic mass is 10.2. The molecule has 1 rings (SSSR count). The van der Waals surface area contributed by atoms with E-state index in [-0.39, 0.29) is 6.61 Å². The van der Waals surface area contributed by atoms with Crippen molar-refractivity contribution in [1.29, 1.82) is 0 Å². The fourth-order valence-electron chi connectivity index (χ4n) is 1.33. The van der Waals surface area contributed by atoms with Crippen LogP contribution in [0.25, 0.3) is 0 Å². The van der Waals surface area contributed by atoms with Crippen molar-refractivity contribution >= 4 is 5.97 Å². The maximum Gasteiger partial charge on any atom is 0.347 e. The van der Waals surface area contributed by atoms with Crippen LogP contribution in [0, 0.1) is 6.92 Å². The van der Waals surface area contributed by atoms with Gasteiger partial charge < -0.3 is 19.3 Å². The summed E-state index contributed by atoms with van der Waals surface area (Å²) in [5.41, 5.74) is 1.01. The van der Waals surface area contributed by atoms with Crippen molar-refractivity contribution in [3.8, 4) is 11.5 Å². The Morgan fingerprint density at radius 2 is 2.06 bits per heavy atom. The predicted molar refractivity (Wildman–Crippen MR) is 61.7 cm³/mol. The number of ether oxygens (including phenoxy) is 3. The molecule has 1 unspecified atom stereocenters. The summed E-state index contributed by atoms with van der Waals surface area (Å²) >= 11 is 0. The highest BCUT2D eigenvalue weighted by atomic mass is 16.6. The van der Waals surface area contributed by atoms with Crippen LogP contribution in [-0.4, -0.2) is 38.0 Å². The van der Waals surface area contributed by atoms with E-state index in [1.165, 1.54) is 14.2 Å². The van der Waals surface area contributed by atoms with Gasteiger partial charge in [0.05, 0.1) is 13.7 Å². The second-order valence-electron chi connectivity index (χ2n) is 3.55. The zero-order chi connectivity index (χ0) is 12.8. The van der Waals surface area contributed by atoms with Gasteiger partial charge in [0.15, 0.2) is 11.5 Å². The Labute approximate surface area is 99.9 Å². The summed E-state index contributed by atoms with van der Waals surface area (Å²) in [6.45, 7) is 1.89. The topological polar surface area (TPSA) is 65.0 Å². The van der Waals surface area contributed by atoms with Gasteiger partial charge in [0, 0.05) is 7.11 Å². The van der Waals surface area contributed by atoms with E-state index in [1.807, 2.05) is 13.0 Å². The molecule has 0 aliphatic rings. The zero-order valence-corrected chi connectivity index (χ0v) is 10.1. The van der Waals surface area contributed by atoms with Crippen LogP contribution in [0.15, 0.2) is 18.2 Å². The van der Waals surface area contributed by atoms with Crippen LogP contribution in [0.3, 0.4) is 0 Å². The monoisotopic (exact) mass is 240 g/mol. The first-order valence-corrected chi connectivity index (χ1v) is 5.11. The quantitative estimate of drug-likeness (QED) is 0.816. The Morgan fingerprint density at radius 1 is 1.35 bits per heavy atom. The molecular weight excluding hydrogens is 224 g/mol. The molecule has 1 aromatic carbocycles. The van der Waals surface area contributed by atoms with E-state index in [0.29, 0.717) is 11.5 Å². The molecule has 94 valence electrons. The average Bonchev–Trinajstić information content (AvgIpc) is 2.30. The molecule has 1 aromatic rings. The molecule has 1 atom stereocenters. The highest BCUT2D eigenvalue weighted by molar-refractivity contribution is 5.73. The minimum atomic E-state index is -1.07. The third kappa shape index (κ3) is 3.64. The minimum Gasteiger partial charge on any atom is -0.493 e. The van der Waals surface area contributed by atoms with Crippen molar-refractivity contribution in [2.24, 2.45) is 0 Å². The first-order chi connectivity index (χ1) is 8.08. The van der Waals surface area contributed by atoms with Crippen molar-refractivity contribution in [2.75, 3.05) is 20.8 Å². The van der Waals surface area contributed by atoms with Gasteiger partial charge in [0.2, 0.25) is 6.10 Å². The standard InChI is InChI=1S/C12H16O5/c1-8-4-5-9(10(6-8)16-3)17-11(7-15-2)12(13)14/h4-6,11H,7H2,1-3H3,(H,13,14). The minimum absolute atomic E-state index is 0.0215. The van der Waals surface area contributed by atoms with Gasteiger partial charge in [-0.3, -0.25) is 0 Å². The smallest absolute Gasteiger partial charge is 0.347 e. The fourth-order valence-corrected chi connectivity index (χ4v) is 1.33. The molecule has 0 aliphatic carbocycles. The molecule has 0 spiro atoms. The molecule has 5 heteroatoms. The summed E-state index contributed by atoms with van der Waals surface area (Å²) in [6.07, 6.45) is -1.04. The van der Waals surface area contributed by atoms with Crippen LogP contribution in [0.1, 0.15) is 5.56 Å². The normalized spacial score (nSPS) is 11.9. The van der Waals surface area contributed by atoms with Gasteiger partial charge in [0.25, 0.3) is 0 Å². The Hall–Kier alpha value is -1.75. The lowest BCUT2D eigenvalue weighted by Crippen LogP contribution is -2.31. The number of carboxylic acid groups (broad SMARTS) is 1. The molecule has 0 saturated carbocycles. The third-order valence-corrected chi connectivity index (χ3v) is 2.18. The van der Waals surface area contributed by atoms with E-state index in [9.17, 15) is 4.79 Å². The molecule has 0 aromatic heterocycles. The Kier molecular flexibility index (Phi) is 4.78. The summed E-state index contributed by atoms with van der Waals surface area (Å²) in [4.78, 5) is 10.9. The van der Waals surface area contributed by atoms with Gasteiger partial charge >= 0.3 is 5.97 Å². The second kappa shape index (κ2) is 6.10. The molecule has 0 bridgehead atoms. The van der Waals surface area contributed by atoms with E-state index >= 15 is 0 Å². The zero-order valence-electron chi connectivity index (χ0n) is 10.1. The number of carbonyl (C=O) groups is 1. The Morgan fingerprint density at radius 3 is 2.59 bits per heavy atom. The van der Waals surface area contributed by atoms with Gasteiger partial charge in [-0.05, 0) is 24.6 Å². The van der Waals surface area contributed by atoms with Crippen LogP contribution < -0.4 is 9.47 Å². The van der Waals surface area contributed by atoms with Crippen LogP contribution in [0.4, 0.5) is 0 Å². The summed E-state index contributed by atoms with van der Waals surface area (Å²) in [5, 5.41) is 8.94. The molecule has 1 N–H and O–H groups in total. The SMILES string of the molecule is COCC(Oc1ccc(C)cc1OC)C(=O)O. The van der Waals surface area contributed by atoms with Gasteiger partial charge in [-0.15, -0.1) is 0 Å². The van der Waals surface area contributed by atoms with E-state index < -0.39 is 12.1 Å². The van der Waals surface area contributed by atoms with E-state index in [1.54, 1.807) is 12.1 Å². The number of hydrogen-bond acceptors (Lipinski definition) is 4. The molecule has 0 fully saturated rings. The van der Waals surface area contributed by atoms with Gasteiger partial charge in [-0.2, -0.15) is 0 Å². The number of aliphatic carboxylic acids is 1. The molecule has 0 aliphatic heterocycles. The van der Waals surface area contributed by atoms with Crippen molar-refractivity contribution in [3.05, 3.63) is 23.8 Å². The lowest BCUT2D eigenvalue weighted by molar-refractivity contribution is -0.147. The van der Waals surface area contributed by atoms with E-state index in [4.69, 9.17) is 19.3 Å². The number of carboxylic acids is 1. The summed E-state index contributed by atoms with van der Waals surface area (Å²) in [5.74, 6) is -0.176. The van der Waals surface area contributed by atoms with Crippen molar-refractivity contribution < 1.29 is 24.1 Å². The summed E-state index contributed by atoms with van der Waals surface area (Å²) in [6, 6.07) is 5.28. The first kappa shape index (κ1) is 13.3. The van der Waals surface area contributed by atoms with Gasteiger partial charge in [-0.1, -0.05) is 6.07 Å². The second-order valence-corrected chi connectivity index (χ2v) is 3.55. The molecule has 0 heterocycles.